The van der Waals surface area contributed by atoms with E-state index in [9.17, 15) is 10.1 Å². The van der Waals surface area contributed by atoms with Crippen LogP contribution in [0.1, 0.15) is 24.4 Å². The van der Waals surface area contributed by atoms with Gasteiger partial charge in [0.05, 0.1) is 11.0 Å². The number of benzene rings is 1. The molecule has 0 saturated heterocycles. The highest BCUT2D eigenvalue weighted by Gasteiger charge is 2.19. The van der Waals surface area contributed by atoms with E-state index in [4.69, 9.17) is 0 Å². The maximum atomic E-state index is 11.1. The topological polar surface area (TPSA) is 81.0 Å². The predicted octanol–water partition coefficient (Wildman–Crippen LogP) is 2.28. The molecule has 6 nitrogen and oxygen atoms in total. The zero-order chi connectivity index (χ0) is 14.4. The number of nitro groups is 1. The standard InChI is InChI=1S/C14H16N4O2/c1-2-15-12(14-16-8-5-9-17-14)10-11-6-3-4-7-13(11)18(19)20/h3-9,12,15H,2,10H2,1H3. The molecule has 0 aliphatic heterocycles. The summed E-state index contributed by atoms with van der Waals surface area (Å²) in [4.78, 5) is 19.1. The van der Waals surface area contributed by atoms with Crippen molar-refractivity contribution >= 4 is 5.69 Å². The number of nitrogens with zero attached hydrogens (tertiary/aromatic N) is 3. The molecule has 0 amide bonds. The van der Waals surface area contributed by atoms with Gasteiger partial charge in [0.1, 0.15) is 5.82 Å². The van der Waals surface area contributed by atoms with Gasteiger partial charge in [-0.05, 0) is 12.6 Å². The molecular formula is C14H16N4O2. The van der Waals surface area contributed by atoms with Crippen molar-refractivity contribution in [3.05, 3.63) is 64.2 Å². The van der Waals surface area contributed by atoms with Gasteiger partial charge in [-0.1, -0.05) is 25.1 Å². The molecule has 104 valence electrons. The van der Waals surface area contributed by atoms with Gasteiger partial charge in [0.25, 0.3) is 5.69 Å². The first kappa shape index (κ1) is 14.1. The van der Waals surface area contributed by atoms with E-state index in [2.05, 4.69) is 15.3 Å². The van der Waals surface area contributed by atoms with E-state index in [0.29, 0.717) is 17.8 Å². The Bertz CT molecular complexity index is 574. The first-order valence-corrected chi connectivity index (χ1v) is 6.45. The van der Waals surface area contributed by atoms with Crippen molar-refractivity contribution in [3.63, 3.8) is 0 Å². The first-order chi connectivity index (χ1) is 9.72. The fraction of sp³-hybridized carbons (Fsp3) is 0.286. The van der Waals surface area contributed by atoms with E-state index in [1.165, 1.54) is 6.07 Å². The second kappa shape index (κ2) is 6.72. The Morgan fingerprint density at radius 2 is 1.95 bits per heavy atom. The van der Waals surface area contributed by atoms with Crippen molar-refractivity contribution in [3.8, 4) is 0 Å². The number of hydrogen-bond donors (Lipinski definition) is 1. The summed E-state index contributed by atoms with van der Waals surface area (Å²) < 4.78 is 0. The Morgan fingerprint density at radius 1 is 1.25 bits per heavy atom. The van der Waals surface area contributed by atoms with Crippen LogP contribution in [0.15, 0.2) is 42.7 Å². The molecule has 1 N–H and O–H groups in total. The van der Waals surface area contributed by atoms with Gasteiger partial charge >= 0.3 is 0 Å². The van der Waals surface area contributed by atoms with Gasteiger partial charge in [0.15, 0.2) is 0 Å². The van der Waals surface area contributed by atoms with Crippen molar-refractivity contribution in [1.82, 2.24) is 15.3 Å². The normalized spacial score (nSPS) is 12.1. The fourth-order valence-corrected chi connectivity index (χ4v) is 2.07. The summed E-state index contributed by atoms with van der Waals surface area (Å²) in [5, 5.41) is 14.3. The summed E-state index contributed by atoms with van der Waals surface area (Å²) >= 11 is 0. The van der Waals surface area contributed by atoms with E-state index >= 15 is 0 Å². The molecule has 0 aliphatic rings. The summed E-state index contributed by atoms with van der Waals surface area (Å²) in [6.07, 6.45) is 3.83. The number of nitrogens with one attached hydrogen (secondary N) is 1. The van der Waals surface area contributed by atoms with Crippen LogP contribution in [0, 0.1) is 10.1 Å². The van der Waals surface area contributed by atoms with E-state index in [1.807, 2.05) is 6.92 Å². The van der Waals surface area contributed by atoms with Crippen LogP contribution < -0.4 is 5.32 Å². The van der Waals surface area contributed by atoms with Crippen molar-refractivity contribution in [1.29, 1.82) is 0 Å². The largest absolute Gasteiger partial charge is 0.307 e. The Morgan fingerprint density at radius 3 is 2.60 bits per heavy atom. The summed E-state index contributed by atoms with van der Waals surface area (Å²) in [5.74, 6) is 0.646. The average Bonchev–Trinajstić information content (AvgIpc) is 2.48. The molecule has 6 heteroatoms. The summed E-state index contributed by atoms with van der Waals surface area (Å²) in [6.45, 7) is 2.72. The second-order valence-electron chi connectivity index (χ2n) is 4.31. The molecule has 1 heterocycles. The Hall–Kier alpha value is -2.34. The van der Waals surface area contributed by atoms with Gasteiger partial charge in [-0.25, -0.2) is 9.97 Å². The van der Waals surface area contributed by atoms with Crippen LogP contribution >= 0.6 is 0 Å². The molecule has 0 saturated carbocycles. The molecule has 20 heavy (non-hydrogen) atoms. The van der Waals surface area contributed by atoms with Crippen LogP contribution in [-0.2, 0) is 6.42 Å². The van der Waals surface area contributed by atoms with Gasteiger partial charge in [0.2, 0.25) is 0 Å². The molecule has 1 aromatic heterocycles. The molecule has 1 unspecified atom stereocenters. The minimum Gasteiger partial charge on any atom is -0.307 e. The molecule has 2 aromatic rings. The lowest BCUT2D eigenvalue weighted by Gasteiger charge is -2.16. The zero-order valence-electron chi connectivity index (χ0n) is 11.2. The average molecular weight is 272 g/mol. The second-order valence-corrected chi connectivity index (χ2v) is 4.31. The van der Waals surface area contributed by atoms with Gasteiger partial charge in [-0.15, -0.1) is 0 Å². The molecule has 1 atom stereocenters. The minimum absolute atomic E-state index is 0.131. The SMILES string of the molecule is CCNC(Cc1ccccc1[N+](=O)[O-])c1ncccn1. The van der Waals surface area contributed by atoms with Crippen LogP contribution in [-0.4, -0.2) is 21.4 Å². The fourth-order valence-electron chi connectivity index (χ4n) is 2.07. The van der Waals surface area contributed by atoms with Crippen LogP contribution in [0.25, 0.3) is 0 Å². The van der Waals surface area contributed by atoms with E-state index in [-0.39, 0.29) is 16.7 Å². The van der Waals surface area contributed by atoms with E-state index in [1.54, 1.807) is 36.7 Å². The highest BCUT2D eigenvalue weighted by Crippen LogP contribution is 2.23. The van der Waals surface area contributed by atoms with Crippen molar-refractivity contribution in [2.45, 2.75) is 19.4 Å². The lowest BCUT2D eigenvalue weighted by molar-refractivity contribution is -0.385. The number of rotatable bonds is 6. The summed E-state index contributed by atoms with van der Waals surface area (Å²) in [6, 6.07) is 8.37. The number of nitro benzene ring substituents is 1. The molecular weight excluding hydrogens is 256 g/mol. The number of hydrogen-bond acceptors (Lipinski definition) is 5. The minimum atomic E-state index is -0.357. The molecule has 0 bridgehead atoms. The molecule has 2 rings (SSSR count). The van der Waals surface area contributed by atoms with Gasteiger partial charge in [-0.2, -0.15) is 0 Å². The number of likely N-dealkylation sites (N-methyl/N-ethyl adjacent to an activating group) is 1. The van der Waals surface area contributed by atoms with Crippen molar-refractivity contribution in [2.75, 3.05) is 6.54 Å². The first-order valence-electron chi connectivity index (χ1n) is 6.45. The van der Waals surface area contributed by atoms with Crippen LogP contribution in [0.2, 0.25) is 0 Å². The summed E-state index contributed by atoms with van der Waals surface area (Å²) in [7, 11) is 0. The highest BCUT2D eigenvalue weighted by molar-refractivity contribution is 5.40. The molecule has 0 aliphatic carbocycles. The molecule has 1 aromatic carbocycles. The smallest absolute Gasteiger partial charge is 0.272 e. The van der Waals surface area contributed by atoms with Crippen LogP contribution in [0.4, 0.5) is 5.69 Å². The molecule has 0 fully saturated rings. The van der Waals surface area contributed by atoms with Gasteiger partial charge in [0, 0.05) is 30.4 Å². The lowest BCUT2D eigenvalue weighted by Crippen LogP contribution is -2.25. The monoisotopic (exact) mass is 272 g/mol. The Labute approximate surface area is 117 Å². The highest BCUT2D eigenvalue weighted by atomic mass is 16.6. The Kier molecular flexibility index (Phi) is 4.73. The molecule has 0 spiro atoms. The predicted molar refractivity (Wildman–Crippen MR) is 75.3 cm³/mol. The Balaban J connectivity index is 2.27. The van der Waals surface area contributed by atoms with Gasteiger partial charge in [-0.3, -0.25) is 10.1 Å². The molecule has 0 radical (unpaired) electrons. The van der Waals surface area contributed by atoms with Crippen LogP contribution in [0.3, 0.4) is 0 Å². The van der Waals surface area contributed by atoms with Crippen molar-refractivity contribution < 1.29 is 4.92 Å². The third kappa shape index (κ3) is 3.36. The summed E-state index contributed by atoms with van der Waals surface area (Å²) in [5.41, 5.74) is 0.808. The number of aromatic nitrogens is 2. The van der Waals surface area contributed by atoms with Gasteiger partial charge < -0.3 is 5.32 Å². The van der Waals surface area contributed by atoms with E-state index < -0.39 is 0 Å². The van der Waals surface area contributed by atoms with Crippen LogP contribution in [0.5, 0.6) is 0 Å². The maximum Gasteiger partial charge on any atom is 0.272 e. The third-order valence-corrected chi connectivity index (χ3v) is 2.96. The van der Waals surface area contributed by atoms with E-state index in [0.717, 1.165) is 6.54 Å². The maximum absolute atomic E-state index is 11.1. The lowest BCUT2D eigenvalue weighted by atomic mass is 10.0. The van der Waals surface area contributed by atoms with Crippen molar-refractivity contribution in [2.24, 2.45) is 0 Å². The zero-order valence-corrected chi connectivity index (χ0v) is 11.2. The number of para-hydroxylation sites is 1. The quantitative estimate of drug-likeness (QED) is 0.644. The third-order valence-electron chi connectivity index (χ3n) is 2.96.